The largest absolute Gasteiger partial charge is 2.00 e. The summed E-state index contributed by atoms with van der Waals surface area (Å²) >= 11 is 2.45. The SMILES string of the molecule is [C-]#CCCCCCCCCCCI.[Cl-].[Mg+2]. The van der Waals surface area contributed by atoms with Gasteiger partial charge in [-0.3, -0.25) is 0 Å². The molecule has 0 aromatic heterocycles. The van der Waals surface area contributed by atoms with Gasteiger partial charge >= 0.3 is 23.1 Å². The van der Waals surface area contributed by atoms with Gasteiger partial charge in [0.1, 0.15) is 0 Å². The molecule has 0 heterocycles. The zero-order chi connectivity index (χ0) is 9.78. The average Bonchev–Trinajstić information content (AvgIpc) is 2.16. The van der Waals surface area contributed by atoms with Gasteiger partial charge in [0, 0.05) is 0 Å². The van der Waals surface area contributed by atoms with Crippen molar-refractivity contribution in [3.05, 3.63) is 6.42 Å². The minimum absolute atomic E-state index is 0. The van der Waals surface area contributed by atoms with Crippen molar-refractivity contribution in [1.82, 2.24) is 0 Å². The van der Waals surface area contributed by atoms with Gasteiger partial charge in [-0.1, -0.05) is 61.1 Å². The van der Waals surface area contributed by atoms with Crippen LogP contribution in [0.3, 0.4) is 0 Å². The summed E-state index contributed by atoms with van der Waals surface area (Å²) in [4.78, 5) is 0. The molecule has 0 aliphatic heterocycles. The fraction of sp³-hybridized carbons (Fsp3) is 0.833. The van der Waals surface area contributed by atoms with E-state index in [0.29, 0.717) is 0 Å². The molecule has 0 amide bonds. The quantitative estimate of drug-likeness (QED) is 0.146. The summed E-state index contributed by atoms with van der Waals surface area (Å²) in [6, 6.07) is 0. The Kier molecular flexibility index (Phi) is 29.9. The first-order valence-corrected chi connectivity index (χ1v) is 6.90. The summed E-state index contributed by atoms with van der Waals surface area (Å²) < 4.78 is 1.31. The van der Waals surface area contributed by atoms with Crippen molar-refractivity contribution >= 4 is 45.6 Å². The van der Waals surface area contributed by atoms with E-state index in [2.05, 4.69) is 28.5 Å². The van der Waals surface area contributed by atoms with Crippen LogP contribution in [0, 0.1) is 12.3 Å². The zero-order valence-electron chi connectivity index (χ0n) is 9.53. The molecule has 0 nitrogen and oxygen atoms in total. The molecule has 0 spiro atoms. The smallest absolute Gasteiger partial charge is 1.00 e. The number of unbranched alkanes of at least 4 members (excludes halogenated alkanes) is 8. The van der Waals surface area contributed by atoms with Crippen molar-refractivity contribution in [3.63, 3.8) is 0 Å². The van der Waals surface area contributed by atoms with Crippen LogP contribution in [-0.4, -0.2) is 27.5 Å². The molecule has 0 unspecified atom stereocenters. The number of alkyl halides is 1. The number of halogens is 2. The van der Waals surface area contributed by atoms with E-state index in [1.807, 2.05) is 0 Å². The predicted molar refractivity (Wildman–Crippen MR) is 73.3 cm³/mol. The molecule has 0 N–H and O–H groups in total. The number of rotatable bonds is 9. The first kappa shape index (κ1) is 21.6. The Morgan fingerprint density at radius 3 is 1.60 bits per heavy atom. The molecule has 0 fully saturated rings. The molecular formula is C12H20ClIMg. The van der Waals surface area contributed by atoms with E-state index in [4.69, 9.17) is 6.42 Å². The third-order valence-electron chi connectivity index (χ3n) is 2.19. The monoisotopic (exact) mass is 350 g/mol. The zero-order valence-corrected chi connectivity index (χ0v) is 13.9. The summed E-state index contributed by atoms with van der Waals surface area (Å²) in [5, 5.41) is 0. The minimum atomic E-state index is 0. The Balaban J connectivity index is -0.000000720. The molecule has 0 aliphatic rings. The van der Waals surface area contributed by atoms with Crippen LogP contribution in [0.1, 0.15) is 57.8 Å². The van der Waals surface area contributed by atoms with Crippen LogP contribution in [-0.2, 0) is 0 Å². The molecule has 0 atom stereocenters. The maximum Gasteiger partial charge on any atom is 2.00 e. The average molecular weight is 351 g/mol. The Bertz CT molecular complexity index is 134. The van der Waals surface area contributed by atoms with Gasteiger partial charge in [0.05, 0.1) is 0 Å². The Morgan fingerprint density at radius 1 is 0.800 bits per heavy atom. The predicted octanol–water partition coefficient (Wildman–Crippen LogP) is 1.15. The van der Waals surface area contributed by atoms with Crippen molar-refractivity contribution < 1.29 is 12.4 Å². The molecule has 0 aromatic rings. The van der Waals surface area contributed by atoms with Crippen molar-refractivity contribution in [3.8, 4) is 5.92 Å². The van der Waals surface area contributed by atoms with E-state index in [-0.39, 0.29) is 35.5 Å². The maximum atomic E-state index is 6.74. The molecule has 0 rings (SSSR count). The summed E-state index contributed by atoms with van der Waals surface area (Å²) in [5.74, 6) is 2.44. The Hall–Kier alpha value is 1.35. The van der Waals surface area contributed by atoms with Gasteiger partial charge in [0.15, 0.2) is 0 Å². The Labute approximate surface area is 131 Å². The van der Waals surface area contributed by atoms with Crippen LogP contribution >= 0.6 is 22.6 Å². The normalized spacial score (nSPS) is 8.53. The second-order valence-electron chi connectivity index (χ2n) is 3.44. The minimum Gasteiger partial charge on any atom is -1.00 e. The van der Waals surface area contributed by atoms with Crippen molar-refractivity contribution in [1.29, 1.82) is 0 Å². The fourth-order valence-corrected chi connectivity index (χ4v) is 1.91. The summed E-state index contributed by atoms with van der Waals surface area (Å²) in [7, 11) is 0. The van der Waals surface area contributed by atoms with E-state index in [0.717, 1.165) is 12.8 Å². The molecule has 0 saturated carbocycles. The molecule has 0 bridgehead atoms. The van der Waals surface area contributed by atoms with E-state index in [9.17, 15) is 0 Å². The van der Waals surface area contributed by atoms with E-state index < -0.39 is 0 Å². The summed E-state index contributed by atoms with van der Waals surface area (Å²) in [5.41, 5.74) is 0. The van der Waals surface area contributed by atoms with Crippen molar-refractivity contribution in [2.45, 2.75) is 57.8 Å². The second kappa shape index (κ2) is 20.7. The summed E-state index contributed by atoms with van der Waals surface area (Å²) in [6.45, 7) is 0. The second-order valence-corrected chi connectivity index (χ2v) is 4.52. The first-order valence-electron chi connectivity index (χ1n) is 5.37. The molecule has 0 radical (unpaired) electrons. The third kappa shape index (κ3) is 21.2. The van der Waals surface area contributed by atoms with E-state index in [1.54, 1.807) is 0 Å². The Morgan fingerprint density at radius 2 is 1.20 bits per heavy atom. The van der Waals surface area contributed by atoms with Gasteiger partial charge in [-0.15, -0.1) is 0 Å². The van der Waals surface area contributed by atoms with Crippen LogP contribution in [0.15, 0.2) is 0 Å². The van der Waals surface area contributed by atoms with Gasteiger partial charge in [0.25, 0.3) is 0 Å². The third-order valence-corrected chi connectivity index (χ3v) is 2.95. The summed E-state index contributed by atoms with van der Waals surface area (Å²) in [6.07, 6.45) is 18.4. The molecule has 3 heteroatoms. The van der Waals surface area contributed by atoms with Crippen molar-refractivity contribution in [2.75, 3.05) is 4.43 Å². The van der Waals surface area contributed by atoms with Crippen LogP contribution in [0.5, 0.6) is 0 Å². The van der Waals surface area contributed by atoms with Crippen LogP contribution in [0.4, 0.5) is 0 Å². The van der Waals surface area contributed by atoms with Crippen LogP contribution in [0.25, 0.3) is 0 Å². The molecule has 84 valence electrons. The van der Waals surface area contributed by atoms with Gasteiger partial charge < -0.3 is 24.8 Å². The first-order chi connectivity index (χ1) is 6.41. The van der Waals surface area contributed by atoms with Crippen LogP contribution < -0.4 is 12.4 Å². The van der Waals surface area contributed by atoms with Gasteiger partial charge in [-0.2, -0.15) is 0 Å². The maximum absolute atomic E-state index is 6.74. The fourth-order valence-electron chi connectivity index (χ4n) is 1.37. The molecular weight excluding hydrogens is 331 g/mol. The van der Waals surface area contributed by atoms with E-state index >= 15 is 0 Å². The van der Waals surface area contributed by atoms with Gasteiger partial charge in [-0.05, 0) is 23.7 Å². The van der Waals surface area contributed by atoms with Crippen molar-refractivity contribution in [2.24, 2.45) is 0 Å². The van der Waals surface area contributed by atoms with Gasteiger partial charge in [-0.25, -0.2) is 0 Å². The molecule has 0 saturated heterocycles. The molecule has 0 aliphatic carbocycles. The van der Waals surface area contributed by atoms with E-state index in [1.165, 1.54) is 49.4 Å². The molecule has 15 heavy (non-hydrogen) atoms. The standard InChI is InChI=1S/C12H20I.ClH.Mg/c1-2-3-4-5-6-7-8-9-10-11-12-13;;/h3-12H2;1H;/q-1;;+2/p-1. The molecule has 0 aromatic carbocycles. The number of hydrogen-bond acceptors (Lipinski definition) is 0. The number of hydrogen-bond donors (Lipinski definition) is 0. The topological polar surface area (TPSA) is 0 Å². The van der Waals surface area contributed by atoms with Gasteiger partial charge in [0.2, 0.25) is 0 Å². The van der Waals surface area contributed by atoms with Crippen LogP contribution in [0.2, 0.25) is 0 Å².